The van der Waals surface area contributed by atoms with Crippen LogP contribution in [0.25, 0.3) is 0 Å². The lowest BCUT2D eigenvalue weighted by Crippen LogP contribution is -2.37. The van der Waals surface area contributed by atoms with Gasteiger partial charge in [-0.05, 0) is 226 Å². The van der Waals surface area contributed by atoms with Crippen LogP contribution in [0.3, 0.4) is 0 Å². The van der Waals surface area contributed by atoms with Gasteiger partial charge in [0.2, 0.25) is 0 Å². The second-order valence-electron chi connectivity index (χ2n) is 34.3. The lowest BCUT2D eigenvalue weighted by Gasteiger charge is -2.34. The van der Waals surface area contributed by atoms with E-state index in [-0.39, 0.29) is 0 Å². The van der Waals surface area contributed by atoms with Crippen molar-refractivity contribution in [1.29, 1.82) is 0 Å². The fraction of sp³-hybridized carbons (Fsp3) is 0.200. The standard InChI is InChI=1S/C120H128N6P8/c1-17-55-105(56-18-1)127(106-57-19-2-20-58-106)97-123(98-128(107-59-21-3-22-60-107)108-61-23-4-24-62-108)93-51-89-121(90-52-94-124(99-129(109-63-25-5-26-64-109)110-65-27-6-28-66-110)100-130(111-67-29-7-30-68-111)112-69-31-8-32-70-112)87-49-50-88-122(91-53-95-125(101-131(113-71-33-9-34-72-113)114-73-35-10-36-74-114)102-132(115-75-37-11-38-76-115)116-77-39-12-40-78-116)92-54-96-126(103-133(117-79-41-13-42-80-117)118-81-43-14-44-82-118)104-134(119-83-45-15-46-84-119)120-85-47-16-48-86-120/h1-48,55-86H,49-54,87-104H2. The maximum absolute atomic E-state index is 2.93. The van der Waals surface area contributed by atoms with Crippen LogP contribution in [0.1, 0.15) is 38.5 Å². The van der Waals surface area contributed by atoms with Gasteiger partial charge in [0.25, 0.3) is 0 Å². The molecule has 0 radical (unpaired) electrons. The molecule has 0 aromatic heterocycles. The van der Waals surface area contributed by atoms with Crippen molar-refractivity contribution < 1.29 is 0 Å². The van der Waals surface area contributed by atoms with E-state index in [1.165, 1.54) is 84.9 Å². The van der Waals surface area contributed by atoms with Crippen LogP contribution in [0.2, 0.25) is 0 Å². The van der Waals surface area contributed by atoms with Gasteiger partial charge in [0.1, 0.15) is 0 Å². The van der Waals surface area contributed by atoms with Gasteiger partial charge in [-0.2, -0.15) is 0 Å². The smallest absolute Gasteiger partial charge is 0.0269 e. The molecule has 134 heavy (non-hydrogen) atoms. The Morgan fingerprint density at radius 2 is 0.179 bits per heavy atom. The Labute approximate surface area is 811 Å². The fourth-order valence-corrected chi connectivity index (χ4v) is 37.3. The van der Waals surface area contributed by atoms with Crippen LogP contribution in [0.15, 0.2) is 485 Å². The van der Waals surface area contributed by atoms with E-state index in [1.54, 1.807) is 0 Å². The van der Waals surface area contributed by atoms with Crippen molar-refractivity contribution in [3.8, 4) is 0 Å². The Hall–Kier alpha value is -9.28. The number of hydrogen-bond donors (Lipinski definition) is 0. The first-order valence-electron chi connectivity index (χ1n) is 47.9. The third-order valence-electron chi connectivity index (χ3n) is 24.8. The lowest BCUT2D eigenvalue weighted by atomic mass is 10.2. The quantitative estimate of drug-likeness (QED) is 0.0278. The summed E-state index contributed by atoms with van der Waals surface area (Å²) in [4.78, 5) is 17.5. The van der Waals surface area contributed by atoms with Crippen molar-refractivity contribution in [3.63, 3.8) is 0 Å². The first kappa shape index (κ1) is 97.8. The zero-order valence-electron chi connectivity index (χ0n) is 77.4. The van der Waals surface area contributed by atoms with Crippen LogP contribution in [0.5, 0.6) is 0 Å². The van der Waals surface area contributed by atoms with Gasteiger partial charge in [0.15, 0.2) is 0 Å². The average Bonchev–Trinajstić information content (AvgIpc) is 0.829. The molecule has 6 nitrogen and oxygen atoms in total. The van der Waals surface area contributed by atoms with Crippen LogP contribution >= 0.6 is 63.4 Å². The second kappa shape index (κ2) is 54.6. The molecule has 0 spiro atoms. The minimum absolute atomic E-state index is 0.707. The van der Waals surface area contributed by atoms with E-state index in [0.717, 1.165) is 154 Å². The van der Waals surface area contributed by atoms with Crippen LogP contribution in [-0.4, -0.2) is 145 Å². The van der Waals surface area contributed by atoms with Gasteiger partial charge in [-0.1, -0.05) is 485 Å². The zero-order chi connectivity index (χ0) is 90.9. The number of hydrogen-bond acceptors (Lipinski definition) is 6. The third-order valence-corrected chi connectivity index (χ3v) is 45.0. The largest absolute Gasteiger partial charge is 0.303 e. The molecule has 0 aliphatic heterocycles. The Morgan fingerprint density at radius 3 is 0.276 bits per heavy atom. The van der Waals surface area contributed by atoms with E-state index in [1.807, 2.05) is 0 Å². The molecule has 16 rings (SSSR count). The highest BCUT2D eigenvalue weighted by Gasteiger charge is 2.30. The monoisotopic (exact) mass is 1900 g/mol. The zero-order valence-corrected chi connectivity index (χ0v) is 84.6. The highest BCUT2D eigenvalue weighted by molar-refractivity contribution is 7.76. The van der Waals surface area contributed by atoms with Crippen molar-refractivity contribution in [3.05, 3.63) is 485 Å². The number of nitrogens with zero attached hydrogens (tertiary/aromatic N) is 6. The Balaban J connectivity index is 0.726. The predicted octanol–water partition coefficient (Wildman–Crippen LogP) is 21.9. The lowest BCUT2D eigenvalue weighted by molar-refractivity contribution is 0.211. The molecule has 0 atom stereocenters. The normalized spacial score (nSPS) is 11.9. The van der Waals surface area contributed by atoms with E-state index in [4.69, 9.17) is 0 Å². The van der Waals surface area contributed by atoms with Gasteiger partial charge < -0.3 is 9.80 Å². The highest BCUT2D eigenvalue weighted by atomic mass is 31.1. The molecule has 0 unspecified atom stereocenters. The van der Waals surface area contributed by atoms with Crippen LogP contribution in [0.4, 0.5) is 0 Å². The number of rotatable bonds is 53. The molecule has 0 saturated heterocycles. The molecule has 0 saturated carbocycles. The van der Waals surface area contributed by atoms with Crippen molar-refractivity contribution in [2.45, 2.75) is 38.5 Å². The molecule has 16 aromatic carbocycles. The maximum Gasteiger partial charge on any atom is 0.0269 e. The minimum atomic E-state index is -0.707. The van der Waals surface area contributed by atoms with Crippen molar-refractivity contribution in [1.82, 2.24) is 29.4 Å². The molecule has 16 aromatic rings. The van der Waals surface area contributed by atoms with Crippen LogP contribution in [0, 0.1) is 0 Å². The molecule has 14 heteroatoms. The van der Waals surface area contributed by atoms with E-state index in [9.17, 15) is 0 Å². The molecule has 0 aliphatic rings. The third kappa shape index (κ3) is 30.1. The summed E-state index contributed by atoms with van der Waals surface area (Å²) in [5, 5.41) is 23.0. The van der Waals surface area contributed by atoms with Crippen molar-refractivity contribution in [2.75, 3.05) is 116 Å². The van der Waals surface area contributed by atoms with Gasteiger partial charge in [-0.25, -0.2) is 0 Å². The summed E-state index contributed by atoms with van der Waals surface area (Å²) >= 11 is 0. The van der Waals surface area contributed by atoms with Crippen LogP contribution < -0.4 is 84.9 Å². The Morgan fingerprint density at radius 1 is 0.0970 bits per heavy atom. The predicted molar refractivity (Wildman–Crippen MR) is 599 cm³/mol. The molecule has 678 valence electrons. The average molecular weight is 1900 g/mol. The van der Waals surface area contributed by atoms with Crippen molar-refractivity contribution >= 4 is 148 Å². The van der Waals surface area contributed by atoms with Crippen molar-refractivity contribution in [2.24, 2.45) is 0 Å². The van der Waals surface area contributed by atoms with E-state index < -0.39 is 63.4 Å². The van der Waals surface area contributed by atoms with E-state index in [2.05, 4.69) is 515 Å². The van der Waals surface area contributed by atoms with Gasteiger partial charge >= 0.3 is 0 Å². The topological polar surface area (TPSA) is 19.4 Å². The van der Waals surface area contributed by atoms with Gasteiger partial charge in [-0.15, -0.1) is 0 Å². The van der Waals surface area contributed by atoms with Gasteiger partial charge in [0, 0.05) is 76.5 Å². The fourth-order valence-electron chi connectivity index (χ4n) is 18.0. The van der Waals surface area contributed by atoms with E-state index >= 15 is 0 Å². The summed E-state index contributed by atoms with van der Waals surface area (Å²) < 4.78 is 0. The summed E-state index contributed by atoms with van der Waals surface area (Å²) in [6.07, 6.45) is 14.5. The highest BCUT2D eigenvalue weighted by Crippen LogP contribution is 2.45. The van der Waals surface area contributed by atoms with Gasteiger partial charge in [-0.3, -0.25) is 19.6 Å². The summed E-state index contributed by atoms with van der Waals surface area (Å²) in [7, 11) is -5.66. The van der Waals surface area contributed by atoms with E-state index in [0.29, 0.717) is 0 Å². The molecule has 0 heterocycles. The van der Waals surface area contributed by atoms with Crippen LogP contribution in [-0.2, 0) is 0 Å². The molecular weight excluding hydrogens is 1770 g/mol. The summed E-state index contributed by atoms with van der Waals surface area (Å²) in [6, 6.07) is 184. The maximum atomic E-state index is 2.93. The molecular formula is C120H128N6P8. The summed E-state index contributed by atoms with van der Waals surface area (Å²) in [6.45, 7) is 10.2. The molecule has 0 fully saturated rings. The minimum Gasteiger partial charge on any atom is -0.303 e. The molecule has 0 N–H and O–H groups in total. The summed E-state index contributed by atoms with van der Waals surface area (Å²) in [5.41, 5.74) is 0. The number of unbranched alkanes of at least 4 members (excludes halogenated alkanes) is 1. The second-order valence-corrected chi connectivity index (χ2v) is 51.7. The molecule has 0 aliphatic carbocycles. The first-order chi connectivity index (χ1) is 66.5. The SMILES string of the molecule is c1ccc(P(CN(CCCN(CCCCN(CCCN(CP(c2ccccc2)c2ccccc2)CP(c2ccccc2)c2ccccc2)CCCN(CP(c2ccccc2)c2ccccc2)CP(c2ccccc2)c2ccccc2)CCCN(CP(c2ccccc2)c2ccccc2)CP(c2ccccc2)c2ccccc2)CP(c2ccccc2)c2ccccc2)c2ccccc2)cc1. The van der Waals surface area contributed by atoms with Gasteiger partial charge in [0.05, 0.1) is 0 Å². The summed E-state index contributed by atoms with van der Waals surface area (Å²) in [5.74, 6) is 0. The first-order valence-corrected chi connectivity index (χ1v) is 60.1. The Bertz CT molecular complexity index is 4470. The molecule has 0 amide bonds. The number of benzene rings is 16. The Kier molecular flexibility index (Phi) is 39.9. The molecule has 0 bridgehead atoms.